The Morgan fingerprint density at radius 1 is 1.22 bits per heavy atom. The first-order valence-electron chi connectivity index (χ1n) is 6.61. The van der Waals surface area contributed by atoms with E-state index in [-0.39, 0.29) is 5.91 Å². The summed E-state index contributed by atoms with van der Waals surface area (Å²) in [6, 6.07) is 4.49. The van der Waals surface area contributed by atoms with Crippen LogP contribution in [0.5, 0.6) is 0 Å². The number of hydrogen-bond donors (Lipinski definition) is 1. The van der Waals surface area contributed by atoms with Gasteiger partial charge in [0.1, 0.15) is 0 Å². The Labute approximate surface area is 110 Å². The van der Waals surface area contributed by atoms with Crippen molar-refractivity contribution < 1.29 is 4.79 Å². The van der Waals surface area contributed by atoms with Gasteiger partial charge in [-0.2, -0.15) is 0 Å². The maximum atomic E-state index is 10.8. The van der Waals surface area contributed by atoms with Crippen LogP contribution in [0, 0.1) is 6.92 Å². The second-order valence-corrected chi connectivity index (χ2v) is 4.54. The van der Waals surface area contributed by atoms with Crippen LogP contribution in [0.1, 0.15) is 43.0 Å². The van der Waals surface area contributed by atoms with E-state index in [9.17, 15) is 4.79 Å². The fraction of sp³-hybridized carbons (Fsp3) is 0.438. The van der Waals surface area contributed by atoms with E-state index in [1.807, 2.05) is 6.08 Å². The highest BCUT2D eigenvalue weighted by molar-refractivity contribution is 5.73. The predicted octanol–water partition coefficient (Wildman–Crippen LogP) is 3.27. The van der Waals surface area contributed by atoms with Crippen molar-refractivity contribution in [1.29, 1.82) is 0 Å². The number of hydrogen-bond acceptors (Lipinski definition) is 1. The van der Waals surface area contributed by atoms with Crippen LogP contribution < -0.4 is 5.32 Å². The molecule has 0 saturated carbocycles. The number of carbonyl (C=O) groups is 1. The van der Waals surface area contributed by atoms with Gasteiger partial charge in [-0.05, 0) is 36.5 Å². The van der Waals surface area contributed by atoms with Gasteiger partial charge in [0.05, 0.1) is 0 Å². The van der Waals surface area contributed by atoms with E-state index >= 15 is 0 Å². The molecule has 0 atom stereocenters. The first-order valence-corrected chi connectivity index (χ1v) is 6.61. The summed E-state index contributed by atoms with van der Waals surface area (Å²) < 4.78 is 0. The Balaban J connectivity index is 2.95. The van der Waals surface area contributed by atoms with Crippen LogP contribution in [0.3, 0.4) is 0 Å². The molecule has 0 aliphatic heterocycles. The first-order chi connectivity index (χ1) is 8.58. The molecule has 1 amide bonds. The SMILES string of the molecule is CCc1cc(C)cc(CC)c1C=CCNC(C)=O. The topological polar surface area (TPSA) is 29.1 Å². The molecule has 1 rings (SSSR count). The summed E-state index contributed by atoms with van der Waals surface area (Å²) in [5.74, 6) is 0.00925. The minimum Gasteiger partial charge on any atom is -0.353 e. The molecule has 1 N–H and O–H groups in total. The van der Waals surface area contributed by atoms with Gasteiger partial charge in [-0.15, -0.1) is 0 Å². The third-order valence-corrected chi connectivity index (χ3v) is 3.01. The molecule has 0 heterocycles. The molecule has 0 aliphatic rings. The first kappa shape index (κ1) is 14.5. The van der Waals surface area contributed by atoms with Crippen LogP contribution in [0.4, 0.5) is 0 Å². The van der Waals surface area contributed by atoms with Gasteiger partial charge in [0, 0.05) is 13.5 Å². The molecule has 1 aromatic rings. The number of nitrogens with one attached hydrogen (secondary N) is 1. The van der Waals surface area contributed by atoms with Crippen molar-refractivity contribution >= 4 is 12.0 Å². The summed E-state index contributed by atoms with van der Waals surface area (Å²) in [5.41, 5.74) is 5.40. The fourth-order valence-electron chi connectivity index (χ4n) is 2.13. The molecule has 2 heteroatoms. The average molecular weight is 245 g/mol. The highest BCUT2D eigenvalue weighted by Gasteiger charge is 2.04. The van der Waals surface area contributed by atoms with Gasteiger partial charge >= 0.3 is 0 Å². The maximum Gasteiger partial charge on any atom is 0.217 e. The summed E-state index contributed by atoms with van der Waals surface area (Å²) in [5, 5.41) is 2.78. The van der Waals surface area contributed by atoms with Crippen LogP contribution in [-0.4, -0.2) is 12.5 Å². The summed E-state index contributed by atoms with van der Waals surface area (Å²) in [6.07, 6.45) is 6.22. The van der Waals surface area contributed by atoms with Crippen LogP contribution in [0.25, 0.3) is 6.08 Å². The van der Waals surface area contributed by atoms with Gasteiger partial charge in [-0.3, -0.25) is 4.79 Å². The van der Waals surface area contributed by atoms with Gasteiger partial charge in [0.25, 0.3) is 0 Å². The normalized spacial score (nSPS) is 10.9. The molecule has 0 aromatic heterocycles. The zero-order chi connectivity index (χ0) is 13.5. The van der Waals surface area contributed by atoms with E-state index in [4.69, 9.17) is 0 Å². The van der Waals surface area contributed by atoms with E-state index in [1.165, 1.54) is 29.2 Å². The lowest BCUT2D eigenvalue weighted by molar-refractivity contribution is -0.118. The summed E-state index contributed by atoms with van der Waals surface area (Å²) in [6.45, 7) is 8.63. The molecule has 2 nitrogen and oxygen atoms in total. The van der Waals surface area contributed by atoms with E-state index < -0.39 is 0 Å². The van der Waals surface area contributed by atoms with Crippen molar-refractivity contribution in [3.05, 3.63) is 40.5 Å². The lowest BCUT2D eigenvalue weighted by Gasteiger charge is -2.11. The van der Waals surface area contributed by atoms with Crippen molar-refractivity contribution in [3.8, 4) is 0 Å². The van der Waals surface area contributed by atoms with Crippen LogP contribution in [-0.2, 0) is 17.6 Å². The van der Waals surface area contributed by atoms with Gasteiger partial charge in [-0.25, -0.2) is 0 Å². The molecular formula is C16H23NO. The Bertz CT molecular complexity index is 421. The monoisotopic (exact) mass is 245 g/mol. The number of benzene rings is 1. The standard InChI is InChI=1S/C16H23NO/c1-5-14-10-12(3)11-15(6-2)16(14)8-7-9-17-13(4)18/h7-8,10-11H,5-6,9H2,1-4H3,(H,17,18). The number of aryl methyl sites for hydroxylation is 3. The highest BCUT2D eigenvalue weighted by Crippen LogP contribution is 2.20. The molecule has 0 unspecified atom stereocenters. The largest absolute Gasteiger partial charge is 0.353 e. The van der Waals surface area contributed by atoms with E-state index in [0.29, 0.717) is 6.54 Å². The number of carbonyl (C=O) groups excluding carboxylic acids is 1. The third-order valence-electron chi connectivity index (χ3n) is 3.01. The summed E-state index contributed by atoms with van der Waals surface area (Å²) in [4.78, 5) is 10.8. The Morgan fingerprint density at radius 3 is 2.22 bits per heavy atom. The van der Waals surface area contributed by atoms with Crippen LogP contribution in [0.2, 0.25) is 0 Å². The highest BCUT2D eigenvalue weighted by atomic mass is 16.1. The van der Waals surface area contributed by atoms with Gasteiger partial charge in [0.2, 0.25) is 5.91 Å². The second-order valence-electron chi connectivity index (χ2n) is 4.54. The fourth-order valence-corrected chi connectivity index (χ4v) is 2.13. The molecule has 0 aliphatic carbocycles. The predicted molar refractivity (Wildman–Crippen MR) is 77.7 cm³/mol. The summed E-state index contributed by atoms with van der Waals surface area (Å²) >= 11 is 0. The van der Waals surface area contributed by atoms with Crippen molar-refractivity contribution in [1.82, 2.24) is 5.32 Å². The average Bonchev–Trinajstić information content (AvgIpc) is 2.34. The minimum absolute atomic E-state index is 0.00925. The molecule has 0 bridgehead atoms. The summed E-state index contributed by atoms with van der Waals surface area (Å²) in [7, 11) is 0. The molecule has 0 spiro atoms. The lowest BCUT2D eigenvalue weighted by atomic mass is 9.94. The molecule has 1 aromatic carbocycles. The van der Waals surface area contributed by atoms with Crippen LogP contribution >= 0.6 is 0 Å². The molecule has 0 fully saturated rings. The Kier molecular flexibility index (Phi) is 5.63. The van der Waals surface area contributed by atoms with Crippen molar-refractivity contribution in [2.45, 2.75) is 40.5 Å². The van der Waals surface area contributed by atoms with Crippen molar-refractivity contribution in [3.63, 3.8) is 0 Å². The van der Waals surface area contributed by atoms with Gasteiger partial charge in [-0.1, -0.05) is 43.7 Å². The second kappa shape index (κ2) is 7.00. The maximum absolute atomic E-state index is 10.8. The van der Waals surface area contributed by atoms with Crippen molar-refractivity contribution in [2.24, 2.45) is 0 Å². The lowest BCUT2D eigenvalue weighted by Crippen LogP contribution is -2.19. The van der Waals surface area contributed by atoms with Crippen LogP contribution in [0.15, 0.2) is 18.2 Å². The third kappa shape index (κ3) is 4.02. The molecular weight excluding hydrogens is 222 g/mol. The quantitative estimate of drug-likeness (QED) is 0.847. The van der Waals surface area contributed by atoms with E-state index in [0.717, 1.165) is 12.8 Å². The molecule has 0 radical (unpaired) electrons. The zero-order valence-electron chi connectivity index (χ0n) is 11.8. The Morgan fingerprint density at radius 2 is 1.78 bits per heavy atom. The van der Waals surface area contributed by atoms with E-state index in [1.54, 1.807) is 0 Å². The number of rotatable bonds is 5. The number of amides is 1. The van der Waals surface area contributed by atoms with Gasteiger partial charge in [0.15, 0.2) is 0 Å². The Hall–Kier alpha value is -1.57. The molecule has 0 saturated heterocycles. The smallest absolute Gasteiger partial charge is 0.217 e. The minimum atomic E-state index is 0.00925. The van der Waals surface area contributed by atoms with E-state index in [2.05, 4.69) is 44.3 Å². The molecule has 98 valence electrons. The molecule has 18 heavy (non-hydrogen) atoms. The van der Waals surface area contributed by atoms with Crippen molar-refractivity contribution in [2.75, 3.05) is 6.54 Å². The zero-order valence-corrected chi connectivity index (χ0v) is 11.8. The van der Waals surface area contributed by atoms with Gasteiger partial charge < -0.3 is 5.32 Å².